The van der Waals surface area contributed by atoms with Gasteiger partial charge in [0, 0.05) is 20.7 Å². The Balaban J connectivity index is 1.86. The minimum absolute atomic E-state index is 0.0873. The quantitative estimate of drug-likeness (QED) is 0.772. The normalized spacial score (nSPS) is 10.8. The molecule has 3 rings (SSSR count). The lowest BCUT2D eigenvalue weighted by atomic mass is 10.2. The molecule has 2 N–H and O–H groups in total. The monoisotopic (exact) mass is 289 g/mol. The number of nitrogens with one attached hydrogen (secondary N) is 1. The molecular formula is C14H11NO2S2. The SMILES string of the molecule is O=C(Nc1ccccc1CO)c1cc2sccc2s1. The van der Waals surface area contributed by atoms with Gasteiger partial charge in [-0.1, -0.05) is 18.2 Å². The van der Waals surface area contributed by atoms with Gasteiger partial charge in [-0.3, -0.25) is 4.79 Å². The van der Waals surface area contributed by atoms with Crippen molar-refractivity contribution in [1.82, 2.24) is 0 Å². The zero-order chi connectivity index (χ0) is 13.2. The van der Waals surface area contributed by atoms with Crippen molar-refractivity contribution in [2.45, 2.75) is 6.61 Å². The largest absolute Gasteiger partial charge is 0.392 e. The molecule has 96 valence electrons. The van der Waals surface area contributed by atoms with E-state index in [1.54, 1.807) is 23.5 Å². The minimum Gasteiger partial charge on any atom is -0.392 e. The number of carbonyl (C=O) groups is 1. The topological polar surface area (TPSA) is 49.3 Å². The number of aliphatic hydroxyl groups is 1. The van der Waals surface area contributed by atoms with Crippen LogP contribution in [-0.2, 0) is 6.61 Å². The summed E-state index contributed by atoms with van der Waals surface area (Å²) in [5.74, 6) is -0.130. The number of benzene rings is 1. The molecule has 1 amide bonds. The second-order valence-electron chi connectivity index (χ2n) is 4.03. The zero-order valence-corrected chi connectivity index (χ0v) is 11.6. The number of para-hydroxylation sites is 1. The first-order chi connectivity index (χ1) is 9.28. The molecule has 19 heavy (non-hydrogen) atoms. The van der Waals surface area contributed by atoms with E-state index in [1.165, 1.54) is 11.3 Å². The lowest BCUT2D eigenvalue weighted by molar-refractivity contribution is 0.103. The average Bonchev–Trinajstić information content (AvgIpc) is 3.00. The van der Waals surface area contributed by atoms with Crippen molar-refractivity contribution in [1.29, 1.82) is 0 Å². The summed E-state index contributed by atoms with van der Waals surface area (Å²) >= 11 is 3.11. The number of aliphatic hydroxyl groups excluding tert-OH is 1. The van der Waals surface area contributed by atoms with Crippen molar-refractivity contribution in [3.63, 3.8) is 0 Å². The molecule has 0 atom stereocenters. The fourth-order valence-electron chi connectivity index (χ4n) is 1.84. The van der Waals surface area contributed by atoms with Crippen LogP contribution in [-0.4, -0.2) is 11.0 Å². The molecule has 0 aliphatic rings. The third kappa shape index (κ3) is 2.40. The fourth-order valence-corrected chi connectivity index (χ4v) is 3.85. The molecule has 1 aromatic carbocycles. The van der Waals surface area contributed by atoms with E-state index in [4.69, 9.17) is 0 Å². The molecule has 0 fully saturated rings. The van der Waals surface area contributed by atoms with Crippen LogP contribution in [0.15, 0.2) is 41.8 Å². The van der Waals surface area contributed by atoms with Crippen LogP contribution in [0.3, 0.4) is 0 Å². The van der Waals surface area contributed by atoms with E-state index in [0.29, 0.717) is 16.1 Å². The second-order valence-corrected chi connectivity index (χ2v) is 6.06. The maximum absolute atomic E-state index is 12.2. The Bertz CT molecular complexity index is 701. The van der Waals surface area contributed by atoms with Gasteiger partial charge in [-0.15, -0.1) is 22.7 Å². The lowest BCUT2D eigenvalue weighted by Gasteiger charge is -2.07. The van der Waals surface area contributed by atoms with Crippen LogP contribution in [0.25, 0.3) is 9.40 Å². The van der Waals surface area contributed by atoms with Gasteiger partial charge in [0.15, 0.2) is 0 Å². The van der Waals surface area contributed by atoms with E-state index in [0.717, 1.165) is 9.40 Å². The maximum atomic E-state index is 12.2. The van der Waals surface area contributed by atoms with Gasteiger partial charge in [-0.25, -0.2) is 0 Å². The number of thiophene rings is 2. The summed E-state index contributed by atoms with van der Waals surface area (Å²) in [7, 11) is 0. The third-order valence-electron chi connectivity index (χ3n) is 2.80. The summed E-state index contributed by atoms with van der Waals surface area (Å²) in [5.41, 5.74) is 1.38. The molecular weight excluding hydrogens is 278 g/mol. The second kappa shape index (κ2) is 5.13. The Morgan fingerprint density at radius 3 is 2.84 bits per heavy atom. The number of anilines is 1. The standard InChI is InChI=1S/C14H11NO2S2/c16-8-9-3-1-2-4-10(9)15-14(17)13-7-12-11(19-13)5-6-18-12/h1-7,16H,8H2,(H,15,17). The molecule has 0 spiro atoms. The van der Waals surface area contributed by atoms with Crippen molar-refractivity contribution in [2.75, 3.05) is 5.32 Å². The smallest absolute Gasteiger partial charge is 0.265 e. The van der Waals surface area contributed by atoms with Gasteiger partial charge in [0.1, 0.15) is 0 Å². The minimum atomic E-state index is -0.130. The van der Waals surface area contributed by atoms with Gasteiger partial charge in [-0.05, 0) is 23.6 Å². The Hall–Kier alpha value is -1.69. The number of hydrogen-bond acceptors (Lipinski definition) is 4. The maximum Gasteiger partial charge on any atom is 0.265 e. The van der Waals surface area contributed by atoms with Crippen molar-refractivity contribution in [3.8, 4) is 0 Å². The number of rotatable bonds is 3. The van der Waals surface area contributed by atoms with Crippen LogP contribution in [0, 0.1) is 0 Å². The Morgan fingerprint density at radius 1 is 1.21 bits per heavy atom. The number of hydrogen-bond donors (Lipinski definition) is 2. The molecule has 0 saturated carbocycles. The summed E-state index contributed by atoms with van der Waals surface area (Å²) in [5, 5.41) is 14.1. The Morgan fingerprint density at radius 2 is 2.05 bits per heavy atom. The van der Waals surface area contributed by atoms with Crippen LogP contribution in [0.2, 0.25) is 0 Å². The van der Waals surface area contributed by atoms with Crippen molar-refractivity contribution >= 4 is 43.7 Å². The van der Waals surface area contributed by atoms with Crippen molar-refractivity contribution < 1.29 is 9.90 Å². The molecule has 3 aromatic rings. The third-order valence-corrected chi connectivity index (χ3v) is 4.89. The highest BCUT2D eigenvalue weighted by Gasteiger charge is 2.12. The first-order valence-corrected chi connectivity index (χ1v) is 7.44. The van der Waals surface area contributed by atoms with E-state index in [-0.39, 0.29) is 12.5 Å². The number of carbonyl (C=O) groups excluding carboxylic acids is 1. The first kappa shape index (κ1) is 12.3. The van der Waals surface area contributed by atoms with Crippen LogP contribution in [0.4, 0.5) is 5.69 Å². The highest BCUT2D eigenvalue weighted by molar-refractivity contribution is 7.27. The highest BCUT2D eigenvalue weighted by Crippen LogP contribution is 2.30. The summed E-state index contributed by atoms with van der Waals surface area (Å²) in [4.78, 5) is 12.9. The van der Waals surface area contributed by atoms with Crippen LogP contribution >= 0.6 is 22.7 Å². The Labute approximate surface area is 118 Å². The molecule has 3 nitrogen and oxygen atoms in total. The van der Waals surface area contributed by atoms with Crippen molar-refractivity contribution in [2.24, 2.45) is 0 Å². The predicted molar refractivity (Wildman–Crippen MR) is 80.0 cm³/mol. The zero-order valence-electron chi connectivity index (χ0n) is 9.92. The highest BCUT2D eigenvalue weighted by atomic mass is 32.1. The molecule has 0 radical (unpaired) electrons. The van der Waals surface area contributed by atoms with Gasteiger partial charge in [0.05, 0.1) is 11.5 Å². The van der Waals surface area contributed by atoms with E-state index in [1.807, 2.05) is 29.6 Å². The molecule has 5 heteroatoms. The van der Waals surface area contributed by atoms with Crippen LogP contribution < -0.4 is 5.32 Å². The Kier molecular flexibility index (Phi) is 3.33. The van der Waals surface area contributed by atoms with E-state index in [2.05, 4.69) is 5.32 Å². The fraction of sp³-hybridized carbons (Fsp3) is 0.0714. The molecule has 0 bridgehead atoms. The number of fused-ring (bicyclic) bond motifs is 1. The van der Waals surface area contributed by atoms with E-state index < -0.39 is 0 Å². The summed E-state index contributed by atoms with van der Waals surface area (Å²) in [6.45, 7) is -0.0873. The molecule has 0 aliphatic heterocycles. The first-order valence-electron chi connectivity index (χ1n) is 5.75. The number of amides is 1. The van der Waals surface area contributed by atoms with Crippen LogP contribution in [0.5, 0.6) is 0 Å². The van der Waals surface area contributed by atoms with Crippen LogP contribution in [0.1, 0.15) is 15.2 Å². The van der Waals surface area contributed by atoms with E-state index in [9.17, 15) is 9.90 Å². The van der Waals surface area contributed by atoms with Gasteiger partial charge < -0.3 is 10.4 Å². The van der Waals surface area contributed by atoms with Gasteiger partial charge >= 0.3 is 0 Å². The summed E-state index contributed by atoms with van der Waals surface area (Å²) < 4.78 is 2.26. The molecule has 0 aliphatic carbocycles. The van der Waals surface area contributed by atoms with Gasteiger partial charge in [0.25, 0.3) is 5.91 Å². The van der Waals surface area contributed by atoms with Crippen molar-refractivity contribution in [3.05, 3.63) is 52.2 Å². The summed E-state index contributed by atoms with van der Waals surface area (Å²) in [6.07, 6.45) is 0. The molecule has 2 aromatic heterocycles. The van der Waals surface area contributed by atoms with E-state index >= 15 is 0 Å². The molecule has 2 heterocycles. The van der Waals surface area contributed by atoms with Gasteiger partial charge in [-0.2, -0.15) is 0 Å². The molecule has 0 saturated heterocycles. The summed E-state index contributed by atoms with van der Waals surface area (Å²) in [6, 6.07) is 11.2. The van der Waals surface area contributed by atoms with Gasteiger partial charge in [0.2, 0.25) is 0 Å². The molecule has 0 unspecified atom stereocenters. The predicted octanol–water partition coefficient (Wildman–Crippen LogP) is 3.71. The average molecular weight is 289 g/mol. The lowest BCUT2D eigenvalue weighted by Crippen LogP contribution is -2.11.